The smallest absolute Gasteiger partial charge is 0.369 e. The molecule has 0 bridgehead atoms. The number of aromatic nitrogens is 3. The number of halogens is 4. The van der Waals surface area contributed by atoms with Crippen molar-refractivity contribution in [2.75, 3.05) is 5.32 Å². The van der Waals surface area contributed by atoms with Gasteiger partial charge < -0.3 is 5.73 Å². The van der Waals surface area contributed by atoms with Gasteiger partial charge in [-0.3, -0.25) is 14.9 Å². The fraction of sp³-hybridized carbons (Fsp3) is 0.125. The van der Waals surface area contributed by atoms with Gasteiger partial charge in [0.15, 0.2) is 10.8 Å². The molecule has 2 heterocycles. The van der Waals surface area contributed by atoms with E-state index in [9.17, 15) is 22.8 Å². The number of thiazole rings is 1. The first-order valence-electron chi connectivity index (χ1n) is 7.60. The van der Waals surface area contributed by atoms with Crippen LogP contribution < -0.4 is 11.1 Å². The molecule has 7 nitrogen and oxygen atoms in total. The summed E-state index contributed by atoms with van der Waals surface area (Å²) >= 11 is 6.79. The first kappa shape index (κ1) is 19.8. The van der Waals surface area contributed by atoms with E-state index in [-0.39, 0.29) is 22.3 Å². The summed E-state index contributed by atoms with van der Waals surface area (Å²) in [6.45, 7) is 0. The van der Waals surface area contributed by atoms with Gasteiger partial charge in [0.2, 0.25) is 5.91 Å². The van der Waals surface area contributed by atoms with Crippen LogP contribution in [-0.4, -0.2) is 26.6 Å². The van der Waals surface area contributed by atoms with Gasteiger partial charge in [-0.15, -0.1) is 11.3 Å². The molecule has 0 unspecified atom stereocenters. The fourth-order valence-corrected chi connectivity index (χ4v) is 3.27. The molecule has 146 valence electrons. The van der Waals surface area contributed by atoms with Crippen molar-refractivity contribution >= 4 is 39.9 Å². The van der Waals surface area contributed by atoms with Crippen LogP contribution in [0.2, 0.25) is 5.02 Å². The molecule has 0 saturated heterocycles. The van der Waals surface area contributed by atoms with Gasteiger partial charge in [0, 0.05) is 10.4 Å². The van der Waals surface area contributed by atoms with E-state index in [1.807, 2.05) is 0 Å². The van der Waals surface area contributed by atoms with E-state index in [0.29, 0.717) is 10.4 Å². The number of amides is 2. The Bertz CT molecular complexity index is 1050. The predicted molar refractivity (Wildman–Crippen MR) is 96.5 cm³/mol. The highest BCUT2D eigenvalue weighted by Gasteiger charge is 2.40. The van der Waals surface area contributed by atoms with Crippen LogP contribution in [0.5, 0.6) is 0 Å². The Kier molecular flexibility index (Phi) is 5.38. The summed E-state index contributed by atoms with van der Waals surface area (Å²) in [6, 6.07) is 5.64. The van der Waals surface area contributed by atoms with Gasteiger partial charge in [-0.2, -0.15) is 18.3 Å². The maximum absolute atomic E-state index is 13.6. The van der Waals surface area contributed by atoms with E-state index < -0.39 is 29.2 Å². The third-order valence-corrected chi connectivity index (χ3v) is 4.50. The van der Waals surface area contributed by atoms with Crippen molar-refractivity contribution in [3.8, 4) is 5.69 Å². The minimum atomic E-state index is -4.86. The molecular formula is C16H11ClF3N5O2S. The van der Waals surface area contributed by atoms with Crippen LogP contribution in [0.4, 0.5) is 18.3 Å². The second-order valence-electron chi connectivity index (χ2n) is 5.54. The van der Waals surface area contributed by atoms with Gasteiger partial charge in [-0.1, -0.05) is 17.7 Å². The third-order valence-electron chi connectivity index (χ3n) is 3.46. The molecular weight excluding hydrogens is 419 g/mol. The molecule has 2 aromatic heterocycles. The average molecular weight is 430 g/mol. The van der Waals surface area contributed by atoms with Gasteiger partial charge in [0.1, 0.15) is 0 Å². The topological polar surface area (TPSA) is 103 Å². The molecule has 0 atom stereocenters. The van der Waals surface area contributed by atoms with Crippen molar-refractivity contribution in [3.05, 3.63) is 57.8 Å². The Morgan fingerprint density at radius 1 is 1.32 bits per heavy atom. The molecule has 0 fully saturated rings. The molecule has 0 radical (unpaired) electrons. The number of anilines is 1. The van der Waals surface area contributed by atoms with Gasteiger partial charge in [-0.25, -0.2) is 9.67 Å². The van der Waals surface area contributed by atoms with E-state index in [2.05, 4.69) is 15.4 Å². The summed E-state index contributed by atoms with van der Waals surface area (Å²) in [6.07, 6.45) is -4.19. The van der Waals surface area contributed by atoms with Crippen molar-refractivity contribution in [2.45, 2.75) is 12.6 Å². The highest BCUT2D eigenvalue weighted by atomic mass is 35.5. The number of hydrogen-bond donors (Lipinski definition) is 2. The first-order chi connectivity index (χ1) is 13.1. The minimum Gasteiger partial charge on any atom is -0.369 e. The first-order valence-corrected chi connectivity index (χ1v) is 8.86. The monoisotopic (exact) mass is 429 g/mol. The summed E-state index contributed by atoms with van der Waals surface area (Å²) in [7, 11) is 0. The molecule has 3 aromatic rings. The Morgan fingerprint density at radius 3 is 2.71 bits per heavy atom. The molecule has 0 spiro atoms. The summed E-state index contributed by atoms with van der Waals surface area (Å²) in [4.78, 5) is 27.2. The molecule has 0 saturated carbocycles. The van der Waals surface area contributed by atoms with Crippen LogP contribution in [0, 0.1) is 0 Å². The summed E-state index contributed by atoms with van der Waals surface area (Å²) in [5, 5.41) is 7.70. The lowest BCUT2D eigenvalue weighted by Crippen LogP contribution is -2.20. The number of carbonyl (C=O) groups excluding carboxylic acids is 2. The molecule has 0 aliphatic rings. The molecule has 0 aliphatic heterocycles. The number of nitrogens with two attached hydrogens (primary N) is 1. The zero-order valence-electron chi connectivity index (χ0n) is 13.8. The highest BCUT2D eigenvalue weighted by molar-refractivity contribution is 7.14. The van der Waals surface area contributed by atoms with Crippen molar-refractivity contribution in [2.24, 2.45) is 5.73 Å². The minimum absolute atomic E-state index is 0.0323. The van der Waals surface area contributed by atoms with Crippen molar-refractivity contribution in [1.82, 2.24) is 14.8 Å². The second kappa shape index (κ2) is 7.60. The summed E-state index contributed by atoms with van der Waals surface area (Å²) < 4.78 is 41.5. The van der Waals surface area contributed by atoms with Crippen LogP contribution in [0.1, 0.15) is 21.7 Å². The number of primary amides is 1. The van der Waals surface area contributed by atoms with E-state index in [0.717, 1.165) is 17.5 Å². The lowest BCUT2D eigenvalue weighted by Gasteiger charge is -2.12. The normalized spacial score (nSPS) is 11.4. The lowest BCUT2D eigenvalue weighted by atomic mass is 10.2. The van der Waals surface area contributed by atoms with Gasteiger partial charge in [-0.05, 0) is 18.2 Å². The zero-order chi connectivity index (χ0) is 20.5. The van der Waals surface area contributed by atoms with Crippen LogP contribution in [0.15, 0.2) is 35.8 Å². The van der Waals surface area contributed by atoms with Gasteiger partial charge in [0.05, 0.1) is 29.6 Å². The van der Waals surface area contributed by atoms with E-state index in [1.165, 1.54) is 29.6 Å². The predicted octanol–water partition coefficient (Wildman–Crippen LogP) is 3.28. The van der Waals surface area contributed by atoms with E-state index in [4.69, 9.17) is 17.3 Å². The van der Waals surface area contributed by atoms with Crippen LogP contribution in [-0.2, 0) is 17.4 Å². The van der Waals surface area contributed by atoms with Gasteiger partial charge in [0.25, 0.3) is 5.91 Å². The SMILES string of the molecule is NC(=O)Cc1csc(NC(=O)c2cnn(-c3cccc(Cl)c3)c2C(F)(F)F)n1. The van der Waals surface area contributed by atoms with Crippen LogP contribution >= 0.6 is 22.9 Å². The van der Waals surface area contributed by atoms with E-state index in [1.54, 1.807) is 0 Å². The number of carbonyl (C=O) groups is 2. The lowest BCUT2D eigenvalue weighted by molar-refractivity contribution is -0.143. The highest BCUT2D eigenvalue weighted by Crippen LogP contribution is 2.34. The summed E-state index contributed by atoms with van der Waals surface area (Å²) in [5.41, 5.74) is 3.48. The molecule has 3 rings (SSSR count). The fourth-order valence-electron chi connectivity index (χ4n) is 2.38. The maximum atomic E-state index is 13.6. The van der Waals surface area contributed by atoms with Crippen LogP contribution in [0.3, 0.4) is 0 Å². The Morgan fingerprint density at radius 2 is 2.07 bits per heavy atom. The Hall–Kier alpha value is -2.92. The third kappa shape index (κ3) is 4.31. The Labute approximate surface area is 164 Å². The van der Waals surface area contributed by atoms with Crippen LogP contribution in [0.25, 0.3) is 5.69 Å². The number of benzene rings is 1. The summed E-state index contributed by atoms with van der Waals surface area (Å²) in [5.74, 6) is -1.66. The van der Waals surface area contributed by atoms with Crippen molar-refractivity contribution in [1.29, 1.82) is 0 Å². The molecule has 1 aromatic carbocycles. The van der Waals surface area contributed by atoms with Crippen molar-refractivity contribution in [3.63, 3.8) is 0 Å². The zero-order valence-corrected chi connectivity index (χ0v) is 15.4. The standard InChI is InChI=1S/C16H11ClF3N5O2S/c17-8-2-1-3-10(4-8)25-13(16(18,19)20)11(6-22-25)14(27)24-15-23-9(7-28-15)5-12(21)26/h1-4,6-7H,5H2,(H2,21,26)(H,23,24,27). The van der Waals surface area contributed by atoms with Gasteiger partial charge >= 0.3 is 6.18 Å². The second-order valence-corrected chi connectivity index (χ2v) is 6.83. The molecule has 28 heavy (non-hydrogen) atoms. The quantitative estimate of drug-likeness (QED) is 0.649. The number of nitrogens with one attached hydrogen (secondary N) is 1. The number of nitrogens with zero attached hydrogens (tertiary/aromatic N) is 3. The number of hydrogen-bond acceptors (Lipinski definition) is 5. The number of rotatable bonds is 5. The Balaban J connectivity index is 1.94. The molecule has 0 aliphatic carbocycles. The molecule has 3 N–H and O–H groups in total. The van der Waals surface area contributed by atoms with Crippen molar-refractivity contribution < 1.29 is 22.8 Å². The largest absolute Gasteiger partial charge is 0.434 e. The van der Waals surface area contributed by atoms with E-state index >= 15 is 0 Å². The molecule has 2 amide bonds. The molecule has 12 heteroatoms. The maximum Gasteiger partial charge on any atom is 0.434 e. The number of alkyl halides is 3. The average Bonchev–Trinajstić information content (AvgIpc) is 3.20.